The topological polar surface area (TPSA) is 29.1 Å². The number of amides is 1. The first-order valence-electron chi connectivity index (χ1n) is 7.70. The van der Waals surface area contributed by atoms with E-state index >= 15 is 0 Å². The lowest BCUT2D eigenvalue weighted by Gasteiger charge is -2.17. The zero-order valence-electron chi connectivity index (χ0n) is 13.3. The van der Waals surface area contributed by atoms with Crippen molar-refractivity contribution in [2.24, 2.45) is 0 Å². The molecule has 0 aromatic heterocycles. The van der Waals surface area contributed by atoms with Gasteiger partial charge in [0.1, 0.15) is 0 Å². The zero-order chi connectivity index (χ0) is 15.8. The van der Waals surface area contributed by atoms with Gasteiger partial charge in [0.05, 0.1) is 6.04 Å². The van der Waals surface area contributed by atoms with Crippen LogP contribution in [0.1, 0.15) is 42.5 Å². The summed E-state index contributed by atoms with van der Waals surface area (Å²) in [6.07, 6.45) is 6.13. The molecule has 114 valence electrons. The van der Waals surface area contributed by atoms with Crippen molar-refractivity contribution in [1.29, 1.82) is 0 Å². The molecular formula is C20H23NO. The van der Waals surface area contributed by atoms with E-state index in [0.29, 0.717) is 0 Å². The Labute approximate surface area is 132 Å². The van der Waals surface area contributed by atoms with Crippen LogP contribution in [0.2, 0.25) is 0 Å². The SMILES string of the molecule is CC(=O)NC(CC/C=C/c1cccc(C)c1)c1ccccc1. The van der Waals surface area contributed by atoms with Gasteiger partial charge in [-0.1, -0.05) is 72.3 Å². The smallest absolute Gasteiger partial charge is 0.217 e. The highest BCUT2D eigenvalue weighted by molar-refractivity contribution is 5.73. The molecule has 0 saturated carbocycles. The largest absolute Gasteiger partial charge is 0.350 e. The molecule has 2 heteroatoms. The third kappa shape index (κ3) is 5.21. The van der Waals surface area contributed by atoms with Crippen molar-refractivity contribution in [2.45, 2.75) is 32.7 Å². The maximum atomic E-state index is 11.4. The van der Waals surface area contributed by atoms with E-state index in [2.05, 4.69) is 60.8 Å². The van der Waals surface area contributed by atoms with Gasteiger partial charge >= 0.3 is 0 Å². The third-order valence-corrected chi connectivity index (χ3v) is 3.55. The summed E-state index contributed by atoms with van der Waals surface area (Å²) in [5, 5.41) is 3.03. The average molecular weight is 293 g/mol. The second kappa shape index (κ2) is 8.18. The second-order valence-electron chi connectivity index (χ2n) is 5.56. The Morgan fingerprint density at radius 2 is 1.91 bits per heavy atom. The van der Waals surface area contributed by atoms with Gasteiger partial charge in [-0.15, -0.1) is 0 Å². The number of hydrogen-bond acceptors (Lipinski definition) is 1. The van der Waals surface area contributed by atoms with Gasteiger partial charge in [0, 0.05) is 6.92 Å². The molecule has 22 heavy (non-hydrogen) atoms. The normalized spacial score (nSPS) is 12.3. The molecule has 1 N–H and O–H groups in total. The summed E-state index contributed by atoms with van der Waals surface area (Å²) in [5.74, 6) is 0.0107. The lowest BCUT2D eigenvalue weighted by Crippen LogP contribution is -2.25. The van der Waals surface area contributed by atoms with Crippen LogP contribution < -0.4 is 5.32 Å². The summed E-state index contributed by atoms with van der Waals surface area (Å²) in [4.78, 5) is 11.4. The van der Waals surface area contributed by atoms with Crippen LogP contribution >= 0.6 is 0 Å². The lowest BCUT2D eigenvalue weighted by molar-refractivity contribution is -0.119. The quantitative estimate of drug-likeness (QED) is 0.824. The van der Waals surface area contributed by atoms with Crippen molar-refractivity contribution in [2.75, 3.05) is 0 Å². The van der Waals surface area contributed by atoms with Gasteiger partial charge in [-0.2, -0.15) is 0 Å². The van der Waals surface area contributed by atoms with Gasteiger partial charge in [0.25, 0.3) is 0 Å². The van der Waals surface area contributed by atoms with Gasteiger partial charge in [0.15, 0.2) is 0 Å². The monoisotopic (exact) mass is 293 g/mol. The van der Waals surface area contributed by atoms with Crippen LogP contribution in [-0.4, -0.2) is 5.91 Å². The van der Waals surface area contributed by atoms with Crippen LogP contribution in [0.4, 0.5) is 0 Å². The predicted octanol–water partition coefficient (Wildman–Crippen LogP) is 4.67. The maximum absolute atomic E-state index is 11.4. The van der Waals surface area contributed by atoms with Crippen molar-refractivity contribution in [1.82, 2.24) is 5.32 Å². The molecule has 0 aliphatic rings. The molecule has 2 aromatic rings. The molecule has 0 bridgehead atoms. The van der Waals surface area contributed by atoms with Gasteiger partial charge < -0.3 is 5.32 Å². The molecule has 1 unspecified atom stereocenters. The van der Waals surface area contributed by atoms with E-state index in [1.807, 2.05) is 18.2 Å². The number of hydrogen-bond donors (Lipinski definition) is 1. The third-order valence-electron chi connectivity index (χ3n) is 3.55. The highest BCUT2D eigenvalue weighted by Gasteiger charge is 2.10. The molecular weight excluding hydrogens is 270 g/mol. The molecule has 0 aliphatic carbocycles. The number of rotatable bonds is 6. The van der Waals surface area contributed by atoms with Crippen LogP contribution in [0.15, 0.2) is 60.7 Å². The molecule has 0 aliphatic heterocycles. The molecule has 1 amide bonds. The summed E-state index contributed by atoms with van der Waals surface area (Å²) < 4.78 is 0. The zero-order valence-corrected chi connectivity index (χ0v) is 13.3. The Bertz CT molecular complexity index is 631. The number of nitrogens with one attached hydrogen (secondary N) is 1. The molecule has 2 aromatic carbocycles. The van der Waals surface area contributed by atoms with Gasteiger partial charge in [-0.25, -0.2) is 0 Å². The summed E-state index contributed by atoms with van der Waals surface area (Å²) >= 11 is 0. The van der Waals surface area contributed by atoms with Crippen LogP contribution in [0.3, 0.4) is 0 Å². The van der Waals surface area contributed by atoms with E-state index < -0.39 is 0 Å². The van der Waals surface area contributed by atoms with Crippen LogP contribution in [-0.2, 0) is 4.79 Å². The van der Waals surface area contributed by atoms with E-state index in [9.17, 15) is 4.79 Å². The molecule has 0 heterocycles. The fourth-order valence-electron chi connectivity index (χ4n) is 2.51. The molecule has 0 spiro atoms. The molecule has 0 saturated heterocycles. The minimum atomic E-state index is 0.0107. The van der Waals surface area contributed by atoms with E-state index in [-0.39, 0.29) is 11.9 Å². The fraction of sp³-hybridized carbons (Fsp3) is 0.250. The molecule has 0 fully saturated rings. The molecule has 2 rings (SSSR count). The standard InChI is InChI=1S/C20H23NO/c1-16-9-8-11-18(15-16)10-6-7-14-20(21-17(2)22)19-12-4-3-5-13-19/h3-6,8-13,15,20H,7,14H2,1-2H3,(H,21,22)/b10-6+. The maximum Gasteiger partial charge on any atom is 0.217 e. The van der Waals surface area contributed by atoms with Crippen molar-refractivity contribution in [3.63, 3.8) is 0 Å². The lowest BCUT2D eigenvalue weighted by atomic mass is 10.0. The Balaban J connectivity index is 1.95. The minimum Gasteiger partial charge on any atom is -0.350 e. The molecule has 2 nitrogen and oxygen atoms in total. The summed E-state index contributed by atoms with van der Waals surface area (Å²) in [6.45, 7) is 3.66. The highest BCUT2D eigenvalue weighted by Crippen LogP contribution is 2.19. The number of carbonyl (C=O) groups is 1. The van der Waals surface area contributed by atoms with E-state index in [1.165, 1.54) is 11.1 Å². The van der Waals surface area contributed by atoms with Gasteiger partial charge in [-0.3, -0.25) is 4.79 Å². The van der Waals surface area contributed by atoms with Crippen molar-refractivity contribution >= 4 is 12.0 Å². The van der Waals surface area contributed by atoms with Crippen LogP contribution in [0, 0.1) is 6.92 Å². The van der Waals surface area contributed by atoms with Crippen LogP contribution in [0.25, 0.3) is 6.08 Å². The Morgan fingerprint density at radius 3 is 2.59 bits per heavy atom. The summed E-state index contributed by atoms with van der Waals surface area (Å²) in [5.41, 5.74) is 3.64. The summed E-state index contributed by atoms with van der Waals surface area (Å²) in [6, 6.07) is 18.6. The van der Waals surface area contributed by atoms with Gasteiger partial charge in [0.2, 0.25) is 5.91 Å². The number of allylic oxidation sites excluding steroid dienone is 1. The first kappa shape index (κ1) is 16.0. The fourth-order valence-corrected chi connectivity index (χ4v) is 2.51. The van der Waals surface area contributed by atoms with Crippen molar-refractivity contribution in [3.8, 4) is 0 Å². The number of aryl methyl sites for hydroxylation is 1. The Kier molecular flexibility index (Phi) is 5.96. The molecule has 1 atom stereocenters. The first-order valence-corrected chi connectivity index (χ1v) is 7.70. The summed E-state index contributed by atoms with van der Waals surface area (Å²) in [7, 11) is 0. The Hall–Kier alpha value is -2.35. The van der Waals surface area contributed by atoms with Crippen molar-refractivity contribution in [3.05, 3.63) is 77.4 Å². The van der Waals surface area contributed by atoms with Crippen molar-refractivity contribution < 1.29 is 4.79 Å². The average Bonchev–Trinajstić information content (AvgIpc) is 2.51. The van der Waals surface area contributed by atoms with Crippen LogP contribution in [0.5, 0.6) is 0 Å². The van der Waals surface area contributed by atoms with E-state index in [1.54, 1.807) is 6.92 Å². The second-order valence-corrected chi connectivity index (χ2v) is 5.56. The number of benzene rings is 2. The van der Waals surface area contributed by atoms with E-state index in [0.717, 1.165) is 18.4 Å². The predicted molar refractivity (Wildman–Crippen MR) is 92.4 cm³/mol. The van der Waals surface area contributed by atoms with E-state index in [4.69, 9.17) is 0 Å². The minimum absolute atomic E-state index is 0.0107. The molecule has 0 radical (unpaired) electrons. The highest BCUT2D eigenvalue weighted by atomic mass is 16.1. The van der Waals surface area contributed by atoms with Gasteiger partial charge in [-0.05, 0) is 30.9 Å². The Morgan fingerprint density at radius 1 is 1.14 bits per heavy atom. The number of carbonyl (C=O) groups excluding carboxylic acids is 1. The first-order chi connectivity index (χ1) is 10.6.